The van der Waals surface area contributed by atoms with E-state index in [1.54, 1.807) is 13.0 Å². The number of nitrogens with one attached hydrogen (secondary N) is 1. The molecule has 1 atom stereocenters. The molecule has 0 aliphatic rings. The van der Waals surface area contributed by atoms with Crippen LogP contribution in [0.3, 0.4) is 0 Å². The van der Waals surface area contributed by atoms with Crippen molar-refractivity contribution in [2.24, 2.45) is 5.73 Å². The van der Waals surface area contributed by atoms with Crippen molar-refractivity contribution >= 4 is 45.3 Å². The van der Waals surface area contributed by atoms with Crippen molar-refractivity contribution in [1.29, 1.82) is 0 Å². The molecule has 144 valence electrons. The van der Waals surface area contributed by atoms with Gasteiger partial charge in [0.15, 0.2) is 5.16 Å². The van der Waals surface area contributed by atoms with Gasteiger partial charge in [-0.25, -0.2) is 9.78 Å². The first-order chi connectivity index (χ1) is 13.4. The Morgan fingerprint density at radius 3 is 2.75 bits per heavy atom. The number of imide groups is 1. The van der Waals surface area contributed by atoms with E-state index >= 15 is 0 Å². The Morgan fingerprint density at radius 1 is 1.39 bits per heavy atom. The maximum absolute atomic E-state index is 13.0. The molecule has 7 nitrogen and oxygen atoms in total. The van der Waals surface area contributed by atoms with Crippen molar-refractivity contribution in [2.75, 3.05) is 0 Å². The zero-order chi connectivity index (χ0) is 20.3. The standard InChI is InChI=1S/C19H18N4O3S2/c1-3-9-23-17(25)15-13(10-14(28-15)12-7-5-4-6-8-12)21-19(23)27-11(2)16(24)22-18(20)26/h3-8,10-11H,1,9H2,2H3,(H3,20,22,24,26). The second-order valence-corrected chi connectivity index (χ2v) is 8.26. The molecule has 3 aromatic rings. The number of allylic oxidation sites excluding steroid dienone is 1. The highest BCUT2D eigenvalue weighted by Crippen LogP contribution is 2.32. The first kappa shape index (κ1) is 19.8. The van der Waals surface area contributed by atoms with Crippen molar-refractivity contribution in [3.8, 4) is 10.4 Å². The van der Waals surface area contributed by atoms with Crippen molar-refractivity contribution < 1.29 is 9.59 Å². The van der Waals surface area contributed by atoms with Crippen LogP contribution in [-0.4, -0.2) is 26.7 Å². The number of hydrogen-bond acceptors (Lipinski definition) is 6. The quantitative estimate of drug-likeness (QED) is 0.366. The number of carbonyl (C=O) groups excluding carboxylic acids is 2. The Morgan fingerprint density at radius 2 is 2.11 bits per heavy atom. The molecule has 9 heteroatoms. The van der Waals surface area contributed by atoms with Crippen LogP contribution in [0.25, 0.3) is 20.7 Å². The Bertz CT molecular complexity index is 1110. The number of rotatable bonds is 6. The summed E-state index contributed by atoms with van der Waals surface area (Å²) in [6.07, 6.45) is 1.60. The lowest BCUT2D eigenvalue weighted by atomic mass is 10.2. The summed E-state index contributed by atoms with van der Waals surface area (Å²) in [4.78, 5) is 41.4. The lowest BCUT2D eigenvalue weighted by molar-refractivity contribution is -0.119. The van der Waals surface area contributed by atoms with Gasteiger partial charge in [-0.2, -0.15) is 0 Å². The molecule has 2 heterocycles. The summed E-state index contributed by atoms with van der Waals surface area (Å²) in [5.41, 5.74) is 6.38. The highest BCUT2D eigenvalue weighted by atomic mass is 32.2. The molecule has 28 heavy (non-hydrogen) atoms. The van der Waals surface area contributed by atoms with Crippen LogP contribution < -0.4 is 16.6 Å². The second-order valence-electron chi connectivity index (χ2n) is 5.90. The molecule has 0 saturated heterocycles. The SMILES string of the molecule is C=CCn1c(SC(C)C(=O)NC(N)=O)nc2cc(-c3ccccc3)sc2c1=O. The van der Waals surface area contributed by atoms with Gasteiger partial charge < -0.3 is 5.73 Å². The number of benzene rings is 1. The van der Waals surface area contributed by atoms with Gasteiger partial charge in [-0.3, -0.25) is 19.5 Å². The van der Waals surface area contributed by atoms with Gasteiger partial charge in [0.1, 0.15) is 4.70 Å². The minimum Gasteiger partial charge on any atom is -0.351 e. The zero-order valence-electron chi connectivity index (χ0n) is 15.0. The smallest absolute Gasteiger partial charge is 0.318 e. The average Bonchev–Trinajstić information content (AvgIpc) is 3.09. The number of nitrogens with zero attached hydrogens (tertiary/aromatic N) is 2. The zero-order valence-corrected chi connectivity index (χ0v) is 16.7. The van der Waals surface area contributed by atoms with Crippen LogP contribution in [0.15, 0.2) is 59.0 Å². The average molecular weight is 415 g/mol. The number of aromatic nitrogens is 2. The van der Waals surface area contributed by atoms with Gasteiger partial charge in [0, 0.05) is 11.4 Å². The second kappa shape index (κ2) is 8.41. The van der Waals surface area contributed by atoms with Crippen LogP contribution >= 0.6 is 23.1 Å². The van der Waals surface area contributed by atoms with E-state index in [1.807, 2.05) is 41.7 Å². The fourth-order valence-corrected chi connectivity index (χ4v) is 4.52. The maximum Gasteiger partial charge on any atom is 0.318 e. The van der Waals surface area contributed by atoms with Gasteiger partial charge in [0.25, 0.3) is 5.56 Å². The molecule has 0 spiro atoms. The summed E-state index contributed by atoms with van der Waals surface area (Å²) in [6, 6.07) is 10.7. The number of fused-ring (bicyclic) bond motifs is 1. The molecule has 0 aliphatic carbocycles. The van der Waals surface area contributed by atoms with E-state index in [-0.39, 0.29) is 12.1 Å². The van der Waals surface area contributed by atoms with Crippen molar-refractivity contribution in [2.45, 2.75) is 23.9 Å². The molecule has 3 amide bonds. The van der Waals surface area contributed by atoms with Crippen LogP contribution in [0, 0.1) is 0 Å². The number of amides is 3. The van der Waals surface area contributed by atoms with Crippen molar-refractivity contribution in [1.82, 2.24) is 14.9 Å². The first-order valence-electron chi connectivity index (χ1n) is 8.38. The lowest BCUT2D eigenvalue weighted by Gasteiger charge is -2.13. The third-order valence-electron chi connectivity index (χ3n) is 3.87. The van der Waals surface area contributed by atoms with Crippen LogP contribution in [0.4, 0.5) is 4.79 Å². The number of hydrogen-bond donors (Lipinski definition) is 2. The predicted octanol–water partition coefficient (Wildman–Crippen LogP) is 2.99. The number of thioether (sulfide) groups is 1. The van der Waals surface area contributed by atoms with E-state index in [1.165, 1.54) is 15.9 Å². The molecule has 0 radical (unpaired) electrons. The fourth-order valence-electron chi connectivity index (χ4n) is 2.55. The molecule has 3 N–H and O–H groups in total. The van der Waals surface area contributed by atoms with E-state index in [0.29, 0.717) is 15.4 Å². The van der Waals surface area contributed by atoms with E-state index in [4.69, 9.17) is 5.73 Å². The molecular formula is C19H18N4O3S2. The number of primary amides is 1. The number of urea groups is 1. The fraction of sp³-hybridized carbons (Fsp3) is 0.158. The lowest BCUT2D eigenvalue weighted by Crippen LogP contribution is -2.39. The summed E-state index contributed by atoms with van der Waals surface area (Å²) in [5, 5.41) is 1.75. The van der Waals surface area contributed by atoms with Crippen molar-refractivity contribution in [3.05, 3.63) is 59.4 Å². The highest BCUT2D eigenvalue weighted by molar-refractivity contribution is 8.00. The van der Waals surface area contributed by atoms with Crippen LogP contribution in [-0.2, 0) is 11.3 Å². The molecular weight excluding hydrogens is 396 g/mol. The van der Waals surface area contributed by atoms with Gasteiger partial charge in [-0.15, -0.1) is 17.9 Å². The number of thiophene rings is 1. The van der Waals surface area contributed by atoms with E-state index in [9.17, 15) is 14.4 Å². The maximum atomic E-state index is 13.0. The van der Waals surface area contributed by atoms with Gasteiger partial charge >= 0.3 is 6.03 Å². The van der Waals surface area contributed by atoms with Gasteiger partial charge in [0.05, 0.1) is 10.8 Å². The molecule has 0 fully saturated rings. The minimum absolute atomic E-state index is 0.193. The summed E-state index contributed by atoms with van der Waals surface area (Å²) < 4.78 is 2.01. The Hall–Kier alpha value is -2.91. The van der Waals surface area contributed by atoms with Crippen LogP contribution in [0.5, 0.6) is 0 Å². The monoisotopic (exact) mass is 414 g/mol. The Kier molecular flexibility index (Phi) is 5.96. The van der Waals surface area contributed by atoms with E-state index in [2.05, 4.69) is 11.6 Å². The topological polar surface area (TPSA) is 107 Å². The summed E-state index contributed by atoms with van der Waals surface area (Å²) in [7, 11) is 0. The third-order valence-corrected chi connectivity index (χ3v) is 6.12. The largest absolute Gasteiger partial charge is 0.351 e. The van der Waals surface area contributed by atoms with Gasteiger partial charge in [0.2, 0.25) is 5.91 Å². The number of nitrogens with two attached hydrogens (primary N) is 1. The normalized spacial score (nSPS) is 11.9. The Labute approximate surface area is 169 Å². The molecule has 1 unspecified atom stereocenters. The first-order valence-corrected chi connectivity index (χ1v) is 10.1. The summed E-state index contributed by atoms with van der Waals surface area (Å²) in [6.45, 7) is 5.56. The predicted molar refractivity (Wildman–Crippen MR) is 113 cm³/mol. The van der Waals surface area contributed by atoms with E-state index < -0.39 is 17.2 Å². The van der Waals surface area contributed by atoms with E-state index in [0.717, 1.165) is 22.2 Å². The molecule has 0 bridgehead atoms. The molecule has 0 saturated carbocycles. The van der Waals surface area contributed by atoms with Crippen molar-refractivity contribution in [3.63, 3.8) is 0 Å². The van der Waals surface area contributed by atoms with Gasteiger partial charge in [-0.05, 0) is 18.6 Å². The van der Waals surface area contributed by atoms with Crippen LogP contribution in [0.1, 0.15) is 6.92 Å². The third kappa shape index (κ3) is 4.15. The van der Waals surface area contributed by atoms with Crippen LogP contribution in [0.2, 0.25) is 0 Å². The molecule has 0 aliphatic heterocycles. The highest BCUT2D eigenvalue weighted by Gasteiger charge is 2.21. The van der Waals surface area contributed by atoms with Gasteiger partial charge in [-0.1, -0.05) is 48.2 Å². The molecule has 2 aromatic heterocycles. The number of carbonyl (C=O) groups is 2. The summed E-state index contributed by atoms with van der Waals surface area (Å²) in [5.74, 6) is -0.549. The molecule has 1 aromatic carbocycles. The minimum atomic E-state index is -0.922. The Balaban J connectivity index is 2.05. The molecule has 3 rings (SSSR count). The summed E-state index contributed by atoms with van der Waals surface area (Å²) >= 11 is 2.46.